The van der Waals surface area contributed by atoms with Gasteiger partial charge in [0.05, 0.1) is 12.6 Å². The average molecular weight is 314 g/mol. The van der Waals surface area contributed by atoms with Crippen molar-refractivity contribution in [1.82, 2.24) is 10.2 Å². The van der Waals surface area contributed by atoms with Crippen LogP contribution in [0.15, 0.2) is 24.3 Å². The number of benzene rings is 1. The molecule has 1 spiro atoms. The number of nitrogens with one attached hydrogen (secondary N) is 1. The normalized spacial score (nSPS) is 28.7. The van der Waals surface area contributed by atoms with E-state index in [-0.39, 0.29) is 11.5 Å². The second-order valence-corrected chi connectivity index (χ2v) is 7.31. The van der Waals surface area contributed by atoms with Gasteiger partial charge in [-0.25, -0.2) is 0 Å². The first kappa shape index (κ1) is 15.2. The number of carbonyl (C=O) groups is 1. The highest BCUT2D eigenvalue weighted by molar-refractivity contribution is 5.80. The summed E-state index contributed by atoms with van der Waals surface area (Å²) in [7, 11) is 1.71. The van der Waals surface area contributed by atoms with Crippen molar-refractivity contribution in [2.75, 3.05) is 33.4 Å². The van der Waals surface area contributed by atoms with Crippen LogP contribution in [0.5, 0.6) is 0 Å². The summed E-state index contributed by atoms with van der Waals surface area (Å²) in [6, 6.07) is 9.13. The number of nitrogens with zero attached hydrogens (tertiary/aromatic N) is 1. The third kappa shape index (κ3) is 2.39. The van der Waals surface area contributed by atoms with E-state index in [0.29, 0.717) is 31.4 Å². The zero-order chi connectivity index (χ0) is 15.9. The maximum absolute atomic E-state index is 12.6. The first-order chi connectivity index (χ1) is 11.2. The van der Waals surface area contributed by atoms with Gasteiger partial charge in [-0.3, -0.25) is 4.79 Å². The molecule has 2 saturated heterocycles. The Hall–Kier alpha value is -1.39. The number of amides is 1. The summed E-state index contributed by atoms with van der Waals surface area (Å²) in [5.41, 5.74) is 3.17. The molecule has 0 unspecified atom stereocenters. The number of rotatable bonds is 3. The van der Waals surface area contributed by atoms with Gasteiger partial charge in [-0.05, 0) is 54.8 Å². The molecular formula is C19H26N2O2. The van der Waals surface area contributed by atoms with Crippen molar-refractivity contribution in [3.8, 4) is 0 Å². The van der Waals surface area contributed by atoms with Crippen LogP contribution in [-0.4, -0.2) is 44.2 Å². The van der Waals surface area contributed by atoms with Crippen LogP contribution in [0.4, 0.5) is 0 Å². The highest BCUT2D eigenvalue weighted by atomic mass is 16.5. The van der Waals surface area contributed by atoms with Crippen LogP contribution in [0.25, 0.3) is 0 Å². The van der Waals surface area contributed by atoms with Crippen LogP contribution in [0.3, 0.4) is 0 Å². The van der Waals surface area contributed by atoms with Crippen LogP contribution < -0.4 is 5.32 Å². The predicted molar refractivity (Wildman–Crippen MR) is 89.3 cm³/mol. The van der Waals surface area contributed by atoms with Gasteiger partial charge in [-0.2, -0.15) is 0 Å². The Labute approximate surface area is 138 Å². The van der Waals surface area contributed by atoms with Crippen molar-refractivity contribution in [3.05, 3.63) is 35.4 Å². The van der Waals surface area contributed by atoms with Crippen molar-refractivity contribution in [2.45, 2.75) is 37.1 Å². The van der Waals surface area contributed by atoms with E-state index in [1.165, 1.54) is 24.0 Å². The summed E-state index contributed by atoms with van der Waals surface area (Å²) in [6.45, 7) is 3.51. The van der Waals surface area contributed by atoms with E-state index in [0.717, 1.165) is 19.5 Å². The number of ether oxygens (including phenoxy) is 1. The standard InChI is InChI=1S/C19H26N2O2/c1-23-11-10-21-17(22)12-14-13-19(6-8-20-9-7-19)16-5-3-2-4-15(16)18(14)21/h2-5,14,18,20H,6-13H2,1H3/t14-,18-/m0/s1. The second kappa shape index (κ2) is 5.91. The number of hydrogen-bond donors (Lipinski definition) is 1. The van der Waals surface area contributed by atoms with Gasteiger partial charge in [0.15, 0.2) is 0 Å². The predicted octanol–water partition coefficient (Wildman–Crippen LogP) is 2.25. The summed E-state index contributed by atoms with van der Waals surface area (Å²) in [5, 5.41) is 3.50. The molecule has 1 aromatic rings. The Bertz CT molecular complexity index is 595. The van der Waals surface area contributed by atoms with E-state index in [1.807, 2.05) is 0 Å². The molecular weight excluding hydrogens is 288 g/mol. The van der Waals surface area contributed by atoms with E-state index in [1.54, 1.807) is 7.11 Å². The molecule has 2 fully saturated rings. The molecule has 2 aliphatic heterocycles. The van der Waals surface area contributed by atoms with Crippen molar-refractivity contribution >= 4 is 5.91 Å². The molecule has 0 aromatic heterocycles. The molecule has 1 aliphatic carbocycles. The molecule has 0 bridgehead atoms. The van der Waals surface area contributed by atoms with Gasteiger partial charge in [0.1, 0.15) is 0 Å². The average Bonchev–Trinajstić information content (AvgIpc) is 2.89. The lowest BCUT2D eigenvalue weighted by Gasteiger charge is -2.47. The lowest BCUT2D eigenvalue weighted by molar-refractivity contribution is -0.129. The first-order valence-electron chi connectivity index (χ1n) is 8.84. The molecule has 23 heavy (non-hydrogen) atoms. The second-order valence-electron chi connectivity index (χ2n) is 7.31. The molecule has 3 aliphatic rings. The minimum Gasteiger partial charge on any atom is -0.383 e. The Morgan fingerprint density at radius 1 is 1.30 bits per heavy atom. The minimum absolute atomic E-state index is 0.259. The zero-order valence-electron chi connectivity index (χ0n) is 13.9. The highest BCUT2D eigenvalue weighted by Crippen LogP contribution is 2.54. The summed E-state index contributed by atoms with van der Waals surface area (Å²) in [6.07, 6.45) is 4.25. The monoisotopic (exact) mass is 314 g/mol. The van der Waals surface area contributed by atoms with Crippen LogP contribution in [0.2, 0.25) is 0 Å². The van der Waals surface area contributed by atoms with Gasteiger partial charge >= 0.3 is 0 Å². The third-order valence-corrected chi connectivity index (χ3v) is 6.14. The van der Waals surface area contributed by atoms with Crippen LogP contribution in [0, 0.1) is 5.92 Å². The molecule has 2 atom stereocenters. The van der Waals surface area contributed by atoms with Crippen molar-refractivity contribution in [1.29, 1.82) is 0 Å². The Balaban J connectivity index is 1.74. The van der Waals surface area contributed by atoms with Crippen LogP contribution >= 0.6 is 0 Å². The maximum atomic E-state index is 12.6. The maximum Gasteiger partial charge on any atom is 0.223 e. The molecule has 2 heterocycles. The van der Waals surface area contributed by atoms with Crippen molar-refractivity contribution in [2.24, 2.45) is 5.92 Å². The Kier molecular flexibility index (Phi) is 3.90. The lowest BCUT2D eigenvalue weighted by Crippen LogP contribution is -2.46. The quantitative estimate of drug-likeness (QED) is 0.930. The molecule has 1 amide bonds. The fraction of sp³-hybridized carbons (Fsp3) is 0.632. The Morgan fingerprint density at radius 2 is 2.09 bits per heavy atom. The van der Waals surface area contributed by atoms with E-state index in [2.05, 4.69) is 34.5 Å². The summed E-state index contributed by atoms with van der Waals surface area (Å²) in [4.78, 5) is 14.7. The molecule has 4 heteroatoms. The van der Waals surface area contributed by atoms with E-state index < -0.39 is 0 Å². The zero-order valence-corrected chi connectivity index (χ0v) is 13.9. The van der Waals surface area contributed by atoms with Crippen LogP contribution in [0.1, 0.15) is 42.9 Å². The highest BCUT2D eigenvalue weighted by Gasteiger charge is 2.51. The van der Waals surface area contributed by atoms with E-state index in [4.69, 9.17) is 4.74 Å². The van der Waals surface area contributed by atoms with Crippen molar-refractivity contribution in [3.63, 3.8) is 0 Å². The molecule has 0 saturated carbocycles. The summed E-state index contributed by atoms with van der Waals surface area (Å²) < 4.78 is 5.23. The van der Waals surface area contributed by atoms with Crippen molar-refractivity contribution < 1.29 is 9.53 Å². The largest absolute Gasteiger partial charge is 0.383 e. The Morgan fingerprint density at radius 3 is 2.87 bits per heavy atom. The number of piperidine rings is 1. The van der Waals surface area contributed by atoms with Gasteiger partial charge < -0.3 is 15.0 Å². The summed E-state index contributed by atoms with van der Waals surface area (Å²) >= 11 is 0. The minimum atomic E-state index is 0.259. The van der Waals surface area contributed by atoms with Crippen LogP contribution in [-0.2, 0) is 14.9 Å². The van der Waals surface area contributed by atoms with E-state index >= 15 is 0 Å². The number of carbonyl (C=O) groups excluding carboxylic acids is 1. The molecule has 4 rings (SSSR count). The fourth-order valence-corrected chi connectivity index (χ4v) is 5.15. The topological polar surface area (TPSA) is 41.6 Å². The number of hydrogen-bond acceptors (Lipinski definition) is 3. The fourth-order valence-electron chi connectivity index (χ4n) is 5.15. The smallest absolute Gasteiger partial charge is 0.223 e. The molecule has 124 valence electrons. The molecule has 1 aromatic carbocycles. The van der Waals surface area contributed by atoms with Gasteiger partial charge in [0, 0.05) is 20.1 Å². The first-order valence-corrected chi connectivity index (χ1v) is 8.84. The lowest BCUT2D eigenvalue weighted by atomic mass is 9.60. The number of likely N-dealkylation sites (tertiary alicyclic amines) is 1. The van der Waals surface area contributed by atoms with Gasteiger partial charge in [0.25, 0.3) is 0 Å². The molecule has 4 nitrogen and oxygen atoms in total. The SMILES string of the molecule is COCCN1C(=O)C[C@H]2CC3(CCNCC3)c3ccccc3[C@H]21. The van der Waals surface area contributed by atoms with Gasteiger partial charge in [0.2, 0.25) is 5.91 Å². The summed E-state index contributed by atoms with van der Waals surface area (Å²) in [5.74, 6) is 0.769. The van der Waals surface area contributed by atoms with Gasteiger partial charge in [-0.15, -0.1) is 0 Å². The number of methoxy groups -OCH3 is 1. The molecule has 1 N–H and O–H groups in total. The van der Waals surface area contributed by atoms with E-state index in [9.17, 15) is 4.79 Å². The molecule has 0 radical (unpaired) electrons. The van der Waals surface area contributed by atoms with Gasteiger partial charge in [-0.1, -0.05) is 24.3 Å². The number of fused-ring (bicyclic) bond motifs is 4. The third-order valence-electron chi connectivity index (χ3n) is 6.14.